The van der Waals surface area contributed by atoms with E-state index in [1.807, 2.05) is 0 Å². The first-order valence-electron chi connectivity index (χ1n) is 5.33. The molecule has 1 aliphatic heterocycles. The van der Waals surface area contributed by atoms with Crippen LogP contribution in [0.1, 0.15) is 24.3 Å². The van der Waals surface area contributed by atoms with Gasteiger partial charge in [0.25, 0.3) is 0 Å². The first kappa shape index (κ1) is 9.53. The van der Waals surface area contributed by atoms with Crippen LogP contribution in [0.15, 0.2) is 24.3 Å². The molecule has 14 heavy (non-hydrogen) atoms. The van der Waals surface area contributed by atoms with E-state index in [1.54, 1.807) is 0 Å². The summed E-state index contributed by atoms with van der Waals surface area (Å²) in [5.74, 6) is 0.552. The lowest BCUT2D eigenvalue weighted by Crippen LogP contribution is -2.17. The molecule has 0 bridgehead atoms. The Labute approximate surface area is 85.7 Å². The van der Waals surface area contributed by atoms with Gasteiger partial charge in [0.1, 0.15) is 0 Å². The second kappa shape index (κ2) is 4.01. The van der Waals surface area contributed by atoms with Crippen LogP contribution in [0.25, 0.3) is 0 Å². The third-order valence-corrected chi connectivity index (χ3v) is 3.12. The molecule has 1 aromatic carbocycles. The molecule has 0 saturated carbocycles. The molecule has 0 aliphatic carbocycles. The molecule has 0 aromatic heterocycles. The second-order valence-corrected chi connectivity index (χ2v) is 4.06. The Hall–Kier alpha value is -1.02. The van der Waals surface area contributed by atoms with E-state index in [-0.39, 0.29) is 0 Å². The van der Waals surface area contributed by atoms with Gasteiger partial charge in [0.15, 0.2) is 0 Å². The largest absolute Gasteiger partial charge is 0.374 e. The van der Waals surface area contributed by atoms with Gasteiger partial charge in [-0.05, 0) is 36.9 Å². The minimum absolute atomic E-state index is 0.552. The Balaban J connectivity index is 2.41. The third-order valence-electron chi connectivity index (χ3n) is 3.12. The quantitative estimate of drug-likeness (QED) is 0.733. The van der Waals surface area contributed by atoms with Gasteiger partial charge in [-0.1, -0.05) is 18.2 Å². The van der Waals surface area contributed by atoms with Crippen molar-refractivity contribution in [2.24, 2.45) is 5.73 Å². The summed E-state index contributed by atoms with van der Waals surface area (Å²) in [6.07, 6.45) is 2.46. The molecule has 1 unspecified atom stereocenters. The molecular weight excluding hydrogens is 172 g/mol. The van der Waals surface area contributed by atoms with Crippen LogP contribution >= 0.6 is 0 Å². The number of para-hydroxylation sites is 1. The highest BCUT2D eigenvalue weighted by atomic mass is 15.1. The van der Waals surface area contributed by atoms with Gasteiger partial charge in [-0.15, -0.1) is 0 Å². The lowest BCUT2D eigenvalue weighted by atomic mass is 9.94. The summed E-state index contributed by atoms with van der Waals surface area (Å²) in [6.45, 7) is 1.92. The van der Waals surface area contributed by atoms with E-state index in [2.05, 4.69) is 36.2 Å². The summed E-state index contributed by atoms with van der Waals surface area (Å²) >= 11 is 0. The van der Waals surface area contributed by atoms with E-state index in [1.165, 1.54) is 24.1 Å². The topological polar surface area (TPSA) is 29.3 Å². The van der Waals surface area contributed by atoms with Crippen molar-refractivity contribution in [3.8, 4) is 0 Å². The van der Waals surface area contributed by atoms with Crippen LogP contribution in [0.4, 0.5) is 5.69 Å². The summed E-state index contributed by atoms with van der Waals surface area (Å²) in [5.41, 5.74) is 8.60. The summed E-state index contributed by atoms with van der Waals surface area (Å²) in [7, 11) is 2.16. The van der Waals surface area contributed by atoms with E-state index in [0.717, 1.165) is 13.1 Å². The van der Waals surface area contributed by atoms with Crippen LogP contribution in [0.2, 0.25) is 0 Å². The van der Waals surface area contributed by atoms with Crippen molar-refractivity contribution < 1.29 is 0 Å². The lowest BCUT2D eigenvalue weighted by Gasteiger charge is -2.20. The summed E-state index contributed by atoms with van der Waals surface area (Å²) in [4.78, 5) is 2.34. The summed E-state index contributed by atoms with van der Waals surface area (Å²) in [5, 5.41) is 0. The number of benzene rings is 1. The number of hydrogen-bond acceptors (Lipinski definition) is 2. The normalized spacial score (nSPS) is 21.6. The fourth-order valence-corrected chi connectivity index (χ4v) is 2.28. The zero-order chi connectivity index (χ0) is 9.97. The number of anilines is 1. The van der Waals surface area contributed by atoms with E-state index >= 15 is 0 Å². The van der Waals surface area contributed by atoms with Crippen molar-refractivity contribution in [1.82, 2.24) is 0 Å². The minimum Gasteiger partial charge on any atom is -0.374 e. The minimum atomic E-state index is 0.552. The molecule has 2 nitrogen and oxygen atoms in total. The first-order chi connectivity index (χ1) is 6.83. The Bertz CT molecular complexity index is 309. The van der Waals surface area contributed by atoms with Gasteiger partial charge < -0.3 is 10.6 Å². The maximum atomic E-state index is 5.81. The number of nitrogens with two attached hydrogens (primary N) is 1. The number of fused-ring (bicyclic) bond motifs is 1. The average Bonchev–Trinajstić information content (AvgIpc) is 2.39. The van der Waals surface area contributed by atoms with Crippen molar-refractivity contribution in [2.45, 2.75) is 18.8 Å². The van der Waals surface area contributed by atoms with Gasteiger partial charge in [0.05, 0.1) is 0 Å². The number of nitrogens with zero attached hydrogens (tertiary/aromatic N) is 1. The molecule has 0 saturated heterocycles. The highest BCUT2D eigenvalue weighted by molar-refractivity contribution is 5.55. The molecule has 2 rings (SSSR count). The van der Waals surface area contributed by atoms with Gasteiger partial charge in [0.2, 0.25) is 0 Å². The Morgan fingerprint density at radius 3 is 3.00 bits per heavy atom. The number of rotatable bonds is 1. The van der Waals surface area contributed by atoms with Gasteiger partial charge in [-0.2, -0.15) is 0 Å². The molecule has 0 fully saturated rings. The molecule has 2 heteroatoms. The molecule has 1 aromatic rings. The van der Waals surface area contributed by atoms with Crippen LogP contribution in [0, 0.1) is 0 Å². The van der Waals surface area contributed by atoms with Crippen LogP contribution < -0.4 is 10.6 Å². The van der Waals surface area contributed by atoms with Gasteiger partial charge in [-0.25, -0.2) is 0 Å². The Morgan fingerprint density at radius 2 is 2.21 bits per heavy atom. The van der Waals surface area contributed by atoms with Crippen molar-refractivity contribution in [3.05, 3.63) is 29.8 Å². The summed E-state index contributed by atoms with van der Waals surface area (Å²) in [6, 6.07) is 8.63. The predicted octanol–water partition coefficient (Wildman–Crippen LogP) is 1.96. The van der Waals surface area contributed by atoms with Gasteiger partial charge >= 0.3 is 0 Å². The van der Waals surface area contributed by atoms with Crippen molar-refractivity contribution in [2.75, 3.05) is 25.0 Å². The Kier molecular flexibility index (Phi) is 2.73. The maximum Gasteiger partial charge on any atom is 0.0399 e. The third kappa shape index (κ3) is 1.62. The van der Waals surface area contributed by atoms with E-state index < -0.39 is 0 Å². The summed E-state index contributed by atoms with van der Waals surface area (Å²) < 4.78 is 0. The van der Waals surface area contributed by atoms with Crippen LogP contribution in [0.3, 0.4) is 0 Å². The first-order valence-corrected chi connectivity index (χ1v) is 5.33. The van der Waals surface area contributed by atoms with Crippen molar-refractivity contribution in [3.63, 3.8) is 0 Å². The van der Waals surface area contributed by atoms with Crippen LogP contribution in [-0.4, -0.2) is 20.1 Å². The molecule has 1 aliphatic rings. The molecular formula is C12H18N2. The van der Waals surface area contributed by atoms with Crippen molar-refractivity contribution in [1.29, 1.82) is 0 Å². The highest BCUT2D eigenvalue weighted by Crippen LogP contribution is 2.32. The molecule has 76 valence electrons. The standard InChI is InChI=1S/C12H18N2/c1-14-8-4-5-10(9-13)11-6-2-3-7-12(11)14/h2-3,6-7,10H,4-5,8-9,13H2,1H3. The van der Waals surface area contributed by atoms with Crippen molar-refractivity contribution >= 4 is 5.69 Å². The molecule has 1 atom stereocenters. The van der Waals surface area contributed by atoms with Crippen LogP contribution in [-0.2, 0) is 0 Å². The smallest absolute Gasteiger partial charge is 0.0399 e. The Morgan fingerprint density at radius 1 is 1.43 bits per heavy atom. The molecule has 1 heterocycles. The maximum absolute atomic E-state index is 5.81. The van der Waals surface area contributed by atoms with E-state index in [4.69, 9.17) is 5.73 Å². The van der Waals surface area contributed by atoms with Gasteiger partial charge in [0, 0.05) is 19.3 Å². The monoisotopic (exact) mass is 190 g/mol. The lowest BCUT2D eigenvalue weighted by molar-refractivity contribution is 0.619. The molecule has 2 N–H and O–H groups in total. The van der Waals surface area contributed by atoms with Crippen LogP contribution in [0.5, 0.6) is 0 Å². The highest BCUT2D eigenvalue weighted by Gasteiger charge is 2.19. The number of hydrogen-bond donors (Lipinski definition) is 1. The fraction of sp³-hybridized carbons (Fsp3) is 0.500. The fourth-order valence-electron chi connectivity index (χ4n) is 2.28. The molecule has 0 amide bonds. The van der Waals surface area contributed by atoms with Gasteiger partial charge in [-0.3, -0.25) is 0 Å². The molecule has 0 spiro atoms. The van der Waals surface area contributed by atoms with E-state index in [9.17, 15) is 0 Å². The average molecular weight is 190 g/mol. The predicted molar refractivity (Wildman–Crippen MR) is 60.7 cm³/mol. The molecule has 0 radical (unpaired) electrons. The zero-order valence-electron chi connectivity index (χ0n) is 8.74. The zero-order valence-corrected chi connectivity index (χ0v) is 8.74. The SMILES string of the molecule is CN1CCCC(CN)c2ccccc21. The second-order valence-electron chi connectivity index (χ2n) is 4.06. The van der Waals surface area contributed by atoms with E-state index in [0.29, 0.717) is 5.92 Å².